The minimum absolute atomic E-state index is 0.108. The van der Waals surface area contributed by atoms with Gasteiger partial charge in [0.25, 0.3) is 5.91 Å². The molecule has 1 amide bonds. The lowest BCUT2D eigenvalue weighted by molar-refractivity contribution is 0.0742. The molecule has 1 aromatic carbocycles. The lowest BCUT2D eigenvalue weighted by atomic mass is 10.1. The summed E-state index contributed by atoms with van der Waals surface area (Å²) in [6, 6.07) is 7.88. The minimum Gasteiger partial charge on any atom is -0.353 e. The normalized spacial score (nSPS) is 14.5. The molecule has 0 radical (unpaired) electrons. The van der Waals surface area contributed by atoms with Crippen LogP contribution in [0.25, 0.3) is 5.82 Å². The van der Waals surface area contributed by atoms with Crippen molar-refractivity contribution in [3.05, 3.63) is 60.7 Å². The Morgan fingerprint density at radius 2 is 1.77 bits per heavy atom. The molecule has 3 aromatic rings. The number of nitrogens with zero attached hydrogens (tertiary/aromatic N) is 7. The van der Waals surface area contributed by atoms with Gasteiger partial charge >= 0.3 is 0 Å². The quantitative estimate of drug-likeness (QED) is 0.703. The van der Waals surface area contributed by atoms with E-state index in [9.17, 15) is 9.18 Å². The Morgan fingerprint density at radius 3 is 2.50 bits per heavy atom. The first kappa shape index (κ1) is 16.1. The Kier molecular flexibility index (Phi) is 4.26. The highest BCUT2D eigenvalue weighted by Gasteiger charge is 2.24. The van der Waals surface area contributed by atoms with E-state index in [1.54, 1.807) is 28.0 Å². The average Bonchev–Trinajstić information content (AvgIpc) is 3.23. The molecule has 0 bridgehead atoms. The summed E-state index contributed by atoms with van der Waals surface area (Å²) in [6.07, 6.45) is 4.48. The Morgan fingerprint density at radius 1 is 1.00 bits per heavy atom. The van der Waals surface area contributed by atoms with Gasteiger partial charge in [0.1, 0.15) is 30.6 Å². The Balaban J connectivity index is 1.45. The zero-order valence-corrected chi connectivity index (χ0v) is 13.9. The van der Waals surface area contributed by atoms with E-state index < -0.39 is 5.82 Å². The molecule has 1 aliphatic rings. The van der Waals surface area contributed by atoms with Crippen LogP contribution in [0.2, 0.25) is 0 Å². The smallest absolute Gasteiger partial charge is 0.256 e. The van der Waals surface area contributed by atoms with E-state index in [2.05, 4.69) is 25.0 Å². The second-order valence-corrected chi connectivity index (χ2v) is 5.83. The number of amides is 1. The molecule has 3 heterocycles. The molecule has 4 rings (SSSR count). The summed E-state index contributed by atoms with van der Waals surface area (Å²) in [6.45, 7) is 2.20. The van der Waals surface area contributed by atoms with Crippen LogP contribution in [0.1, 0.15) is 10.4 Å². The van der Waals surface area contributed by atoms with Crippen molar-refractivity contribution in [2.45, 2.75) is 0 Å². The molecule has 0 unspecified atom stereocenters. The van der Waals surface area contributed by atoms with E-state index in [-0.39, 0.29) is 11.5 Å². The number of anilines is 1. The van der Waals surface area contributed by atoms with Gasteiger partial charge in [-0.3, -0.25) is 4.79 Å². The van der Waals surface area contributed by atoms with Crippen molar-refractivity contribution in [2.24, 2.45) is 0 Å². The molecule has 0 N–H and O–H groups in total. The predicted molar refractivity (Wildman–Crippen MR) is 91.5 cm³/mol. The molecule has 2 aromatic heterocycles. The third-order valence-electron chi connectivity index (χ3n) is 4.29. The molecular weight excluding hydrogens is 337 g/mol. The number of hydrogen-bond donors (Lipinski definition) is 0. The predicted octanol–water partition coefficient (Wildman–Crippen LogP) is 1.16. The van der Waals surface area contributed by atoms with Gasteiger partial charge in [-0.15, -0.1) is 0 Å². The van der Waals surface area contributed by atoms with Crippen molar-refractivity contribution in [3.63, 3.8) is 0 Å². The van der Waals surface area contributed by atoms with Crippen LogP contribution in [-0.2, 0) is 0 Å². The number of carbonyl (C=O) groups excluding carboxylic acids is 1. The maximum atomic E-state index is 13.8. The van der Waals surface area contributed by atoms with Gasteiger partial charge in [0.05, 0.1) is 5.56 Å². The second-order valence-electron chi connectivity index (χ2n) is 5.83. The molecule has 8 nitrogen and oxygen atoms in total. The van der Waals surface area contributed by atoms with E-state index in [1.165, 1.54) is 24.8 Å². The van der Waals surface area contributed by atoms with Crippen LogP contribution in [0.15, 0.2) is 49.3 Å². The van der Waals surface area contributed by atoms with E-state index >= 15 is 0 Å². The zero-order valence-electron chi connectivity index (χ0n) is 13.9. The number of aromatic nitrogens is 5. The van der Waals surface area contributed by atoms with Gasteiger partial charge in [0.2, 0.25) is 0 Å². The molecular formula is C17H16FN7O. The average molecular weight is 353 g/mol. The number of piperazine rings is 1. The molecule has 0 atom stereocenters. The Bertz CT molecular complexity index is 907. The molecule has 1 aliphatic heterocycles. The standard InChI is InChI=1S/C17H16FN7O/c18-14-4-2-1-3-13(14)17(26)24-7-5-23(6-8-24)15-9-16(21-11-20-15)25-12-19-10-22-25/h1-4,9-12H,5-8H2. The third-order valence-corrected chi connectivity index (χ3v) is 4.29. The van der Waals surface area contributed by atoms with E-state index in [1.807, 2.05) is 6.07 Å². The minimum atomic E-state index is -0.492. The van der Waals surface area contributed by atoms with Crippen LogP contribution in [0.5, 0.6) is 0 Å². The summed E-state index contributed by atoms with van der Waals surface area (Å²) in [5.41, 5.74) is 0.108. The van der Waals surface area contributed by atoms with E-state index in [0.717, 1.165) is 5.82 Å². The molecule has 0 spiro atoms. The van der Waals surface area contributed by atoms with Crippen LogP contribution in [0.4, 0.5) is 10.2 Å². The van der Waals surface area contributed by atoms with Crippen LogP contribution in [0.3, 0.4) is 0 Å². The van der Waals surface area contributed by atoms with Gasteiger partial charge in [-0.25, -0.2) is 24.0 Å². The summed E-state index contributed by atoms with van der Waals surface area (Å²) in [7, 11) is 0. The van der Waals surface area contributed by atoms with Gasteiger partial charge in [-0.1, -0.05) is 12.1 Å². The number of benzene rings is 1. The fourth-order valence-electron chi connectivity index (χ4n) is 2.91. The van der Waals surface area contributed by atoms with Gasteiger partial charge in [-0.2, -0.15) is 5.10 Å². The summed E-state index contributed by atoms with van der Waals surface area (Å²) in [5, 5.41) is 4.06. The highest BCUT2D eigenvalue weighted by Crippen LogP contribution is 2.17. The van der Waals surface area contributed by atoms with Crippen LogP contribution < -0.4 is 4.90 Å². The topological polar surface area (TPSA) is 80.0 Å². The van der Waals surface area contributed by atoms with Crippen molar-refractivity contribution in [3.8, 4) is 5.82 Å². The van der Waals surface area contributed by atoms with Crippen molar-refractivity contribution < 1.29 is 9.18 Å². The molecule has 26 heavy (non-hydrogen) atoms. The SMILES string of the molecule is O=C(c1ccccc1F)N1CCN(c2cc(-n3cncn3)ncn2)CC1. The van der Waals surface area contributed by atoms with Gasteiger partial charge in [0.15, 0.2) is 5.82 Å². The number of halogens is 1. The summed E-state index contributed by atoms with van der Waals surface area (Å²) >= 11 is 0. The van der Waals surface area contributed by atoms with Crippen molar-refractivity contribution in [1.82, 2.24) is 29.6 Å². The molecule has 0 aliphatic carbocycles. The summed E-state index contributed by atoms with van der Waals surface area (Å²) in [5.74, 6) is 0.600. The lowest BCUT2D eigenvalue weighted by Crippen LogP contribution is -2.49. The first-order valence-electron chi connectivity index (χ1n) is 8.18. The van der Waals surface area contributed by atoms with Gasteiger partial charge in [-0.05, 0) is 12.1 Å². The first-order chi connectivity index (χ1) is 12.7. The molecule has 1 fully saturated rings. The summed E-state index contributed by atoms with van der Waals surface area (Å²) < 4.78 is 15.4. The molecule has 9 heteroatoms. The lowest BCUT2D eigenvalue weighted by Gasteiger charge is -2.35. The van der Waals surface area contributed by atoms with Crippen molar-refractivity contribution in [1.29, 1.82) is 0 Å². The van der Waals surface area contributed by atoms with Crippen LogP contribution in [0, 0.1) is 5.82 Å². The highest BCUT2D eigenvalue weighted by molar-refractivity contribution is 5.94. The summed E-state index contributed by atoms with van der Waals surface area (Å²) in [4.78, 5) is 28.6. The largest absolute Gasteiger partial charge is 0.353 e. The number of carbonyl (C=O) groups is 1. The van der Waals surface area contributed by atoms with Crippen molar-refractivity contribution in [2.75, 3.05) is 31.1 Å². The molecule has 1 saturated heterocycles. The van der Waals surface area contributed by atoms with Crippen molar-refractivity contribution >= 4 is 11.7 Å². The number of hydrogen-bond acceptors (Lipinski definition) is 6. The first-order valence-corrected chi connectivity index (χ1v) is 8.18. The maximum absolute atomic E-state index is 13.8. The Labute approximate surface area is 148 Å². The van der Waals surface area contributed by atoms with Crippen LogP contribution >= 0.6 is 0 Å². The van der Waals surface area contributed by atoms with Gasteiger partial charge < -0.3 is 9.80 Å². The molecule has 0 saturated carbocycles. The zero-order chi connectivity index (χ0) is 17.9. The van der Waals surface area contributed by atoms with Crippen LogP contribution in [-0.4, -0.2) is 61.7 Å². The second kappa shape index (κ2) is 6.87. The fraction of sp³-hybridized carbons (Fsp3) is 0.235. The fourth-order valence-corrected chi connectivity index (χ4v) is 2.91. The third kappa shape index (κ3) is 3.10. The number of rotatable bonds is 3. The van der Waals surface area contributed by atoms with E-state index in [0.29, 0.717) is 32.0 Å². The van der Waals surface area contributed by atoms with Gasteiger partial charge in [0, 0.05) is 32.2 Å². The Hall–Kier alpha value is -3.36. The highest BCUT2D eigenvalue weighted by atomic mass is 19.1. The van der Waals surface area contributed by atoms with E-state index in [4.69, 9.17) is 0 Å². The monoisotopic (exact) mass is 353 g/mol. The molecule has 132 valence electrons. The maximum Gasteiger partial charge on any atom is 0.256 e.